The maximum atomic E-state index is 14.9. The van der Waals surface area contributed by atoms with Crippen LogP contribution in [0.5, 0.6) is 0 Å². The first-order valence-electron chi connectivity index (χ1n) is 8.00. The summed E-state index contributed by atoms with van der Waals surface area (Å²) in [5.74, 6) is -0.486. The topological polar surface area (TPSA) is 80.9 Å². The van der Waals surface area contributed by atoms with Crippen molar-refractivity contribution in [2.75, 3.05) is 0 Å². The number of nitrogens with zero attached hydrogens (tertiary/aromatic N) is 1. The molecule has 0 radical (unpaired) electrons. The average Bonchev–Trinajstić information content (AvgIpc) is 3.26. The Hall–Kier alpha value is -1.99. The Bertz CT molecular complexity index is 1050. The molecule has 1 saturated carbocycles. The van der Waals surface area contributed by atoms with Gasteiger partial charge in [-0.3, -0.25) is 14.3 Å². The first-order chi connectivity index (χ1) is 11.5. The Balaban J connectivity index is 2.03. The number of H-pyrrole nitrogens is 1. The van der Waals surface area contributed by atoms with Gasteiger partial charge in [0, 0.05) is 23.4 Å². The molecule has 2 heterocycles. The van der Waals surface area contributed by atoms with Crippen LogP contribution in [0.2, 0.25) is 0 Å². The molecule has 2 unspecified atom stereocenters. The Morgan fingerprint density at radius 1 is 1.42 bits per heavy atom. The number of hydrogen-bond donors (Lipinski definition) is 2. The molecule has 126 valence electrons. The summed E-state index contributed by atoms with van der Waals surface area (Å²) in [5.41, 5.74) is 6.33. The quantitative estimate of drug-likeness (QED) is 0.847. The predicted molar refractivity (Wildman–Crippen MR) is 92.2 cm³/mol. The number of hydrogen-bond acceptors (Lipinski definition) is 4. The second kappa shape index (κ2) is 5.53. The summed E-state index contributed by atoms with van der Waals surface area (Å²) < 4.78 is 16.5. The summed E-state index contributed by atoms with van der Waals surface area (Å²) in [7, 11) is 0. The van der Waals surface area contributed by atoms with Crippen LogP contribution in [0.15, 0.2) is 21.0 Å². The first kappa shape index (κ1) is 15.5. The Morgan fingerprint density at radius 2 is 2.17 bits per heavy atom. The lowest BCUT2D eigenvalue weighted by molar-refractivity contribution is 0.389. The van der Waals surface area contributed by atoms with Crippen molar-refractivity contribution in [2.24, 2.45) is 5.73 Å². The molecule has 0 amide bonds. The molecule has 0 saturated heterocycles. The molecule has 2 aromatic rings. The van der Waals surface area contributed by atoms with Gasteiger partial charge in [0.15, 0.2) is 0 Å². The van der Waals surface area contributed by atoms with Gasteiger partial charge in [-0.2, -0.15) is 0 Å². The molecule has 2 aromatic heterocycles. The minimum atomic E-state index is -1.30. The standard InChI is InChI=1S/C17H18FN3O2S/c1-8-14(9-4-11(6-19)24-7-9)13(18)5-12-15(8)21(10-2-3-10)17(23)20-16(12)22/h4-5,7,10,13-14H,2-3,6,19H2,1H3,(H,20,22,23). The highest BCUT2D eigenvalue weighted by Gasteiger charge is 2.32. The lowest BCUT2D eigenvalue weighted by Gasteiger charge is -2.24. The maximum Gasteiger partial charge on any atom is 0.329 e. The van der Waals surface area contributed by atoms with Crippen LogP contribution in [0.3, 0.4) is 0 Å². The summed E-state index contributed by atoms with van der Waals surface area (Å²) in [6, 6.07) is 2.02. The van der Waals surface area contributed by atoms with E-state index in [0.717, 1.165) is 28.9 Å². The Kier molecular flexibility index (Phi) is 3.58. The van der Waals surface area contributed by atoms with Gasteiger partial charge >= 0.3 is 5.69 Å². The number of thiophene rings is 1. The molecule has 5 nitrogen and oxygen atoms in total. The van der Waals surface area contributed by atoms with Crippen molar-refractivity contribution in [3.05, 3.63) is 53.3 Å². The average molecular weight is 347 g/mol. The van der Waals surface area contributed by atoms with Crippen LogP contribution in [0.1, 0.15) is 42.2 Å². The van der Waals surface area contributed by atoms with E-state index in [0.29, 0.717) is 11.9 Å². The van der Waals surface area contributed by atoms with E-state index in [4.69, 9.17) is 5.73 Å². The zero-order chi connectivity index (χ0) is 17.0. The summed E-state index contributed by atoms with van der Waals surface area (Å²) in [6.07, 6.45) is 1.87. The zero-order valence-electron chi connectivity index (χ0n) is 13.2. The van der Waals surface area contributed by atoms with Crippen molar-refractivity contribution in [1.29, 1.82) is 0 Å². The van der Waals surface area contributed by atoms with Gasteiger partial charge in [0.25, 0.3) is 5.56 Å². The number of rotatable bonds is 3. The van der Waals surface area contributed by atoms with E-state index in [1.807, 2.05) is 18.4 Å². The molecule has 24 heavy (non-hydrogen) atoms. The van der Waals surface area contributed by atoms with Gasteiger partial charge in [0.05, 0.1) is 10.6 Å². The zero-order valence-corrected chi connectivity index (χ0v) is 14.0. The lowest BCUT2D eigenvalue weighted by atomic mass is 9.85. The van der Waals surface area contributed by atoms with Crippen LogP contribution < -0.4 is 27.6 Å². The molecule has 7 heteroatoms. The molecule has 0 spiro atoms. The molecule has 1 fully saturated rings. The van der Waals surface area contributed by atoms with Gasteiger partial charge in [-0.1, -0.05) is 0 Å². The third-order valence-corrected chi connectivity index (χ3v) is 5.79. The van der Waals surface area contributed by atoms with E-state index in [1.54, 1.807) is 4.57 Å². The van der Waals surface area contributed by atoms with Crippen molar-refractivity contribution in [2.45, 2.75) is 44.4 Å². The third-order valence-electron chi connectivity index (χ3n) is 4.81. The number of nitrogens with one attached hydrogen (secondary N) is 1. The summed E-state index contributed by atoms with van der Waals surface area (Å²) in [4.78, 5) is 27.8. The number of fused-ring (bicyclic) bond motifs is 1. The van der Waals surface area contributed by atoms with E-state index in [9.17, 15) is 14.0 Å². The summed E-state index contributed by atoms with van der Waals surface area (Å²) in [6.45, 7) is 2.24. The second-order valence-electron chi connectivity index (χ2n) is 6.44. The van der Waals surface area contributed by atoms with Crippen LogP contribution in [0, 0.1) is 0 Å². The second-order valence-corrected chi connectivity index (χ2v) is 7.44. The van der Waals surface area contributed by atoms with Gasteiger partial charge in [0.1, 0.15) is 6.17 Å². The number of aromatic nitrogens is 2. The van der Waals surface area contributed by atoms with Crippen molar-refractivity contribution in [3.63, 3.8) is 0 Å². The number of nitrogens with two attached hydrogens (primary N) is 1. The van der Waals surface area contributed by atoms with Crippen molar-refractivity contribution >= 4 is 23.0 Å². The highest BCUT2D eigenvalue weighted by atomic mass is 32.1. The third kappa shape index (κ3) is 2.31. The van der Waals surface area contributed by atoms with Crippen LogP contribution in [-0.2, 0) is 6.54 Å². The van der Waals surface area contributed by atoms with E-state index < -0.39 is 23.3 Å². The molecule has 0 bridgehead atoms. The smallest absolute Gasteiger partial charge is 0.326 e. The van der Waals surface area contributed by atoms with Crippen molar-refractivity contribution in [3.8, 4) is 0 Å². The highest BCUT2D eigenvalue weighted by molar-refractivity contribution is 7.10. The van der Waals surface area contributed by atoms with Gasteiger partial charge < -0.3 is 5.73 Å². The normalized spacial score (nSPS) is 23.0. The molecule has 4 rings (SSSR count). The molecule has 2 atom stereocenters. The predicted octanol–water partition coefficient (Wildman–Crippen LogP) is 0.478. The molecule has 3 N–H and O–H groups in total. The van der Waals surface area contributed by atoms with Gasteiger partial charge in [-0.05, 0) is 48.4 Å². The lowest BCUT2D eigenvalue weighted by Crippen LogP contribution is -2.57. The number of alkyl halides is 1. The van der Waals surface area contributed by atoms with E-state index in [1.165, 1.54) is 17.4 Å². The van der Waals surface area contributed by atoms with Crippen molar-refractivity contribution < 1.29 is 4.39 Å². The van der Waals surface area contributed by atoms with Crippen LogP contribution in [-0.4, -0.2) is 15.7 Å². The molecular weight excluding hydrogens is 329 g/mol. The molecular formula is C17H18FN3O2S. The molecule has 0 aromatic carbocycles. The van der Waals surface area contributed by atoms with Crippen molar-refractivity contribution in [1.82, 2.24) is 9.55 Å². The van der Waals surface area contributed by atoms with E-state index >= 15 is 0 Å². The summed E-state index contributed by atoms with van der Waals surface area (Å²) >= 11 is 1.50. The fourth-order valence-corrected chi connectivity index (χ4v) is 4.35. The summed E-state index contributed by atoms with van der Waals surface area (Å²) in [5, 5.41) is 2.77. The Morgan fingerprint density at radius 3 is 2.79 bits per heavy atom. The highest BCUT2D eigenvalue weighted by Crippen LogP contribution is 2.36. The monoisotopic (exact) mass is 347 g/mol. The molecule has 2 aliphatic rings. The number of halogens is 1. The minimum absolute atomic E-state index is 0.102. The van der Waals surface area contributed by atoms with Gasteiger partial charge in [-0.25, -0.2) is 9.18 Å². The first-order valence-corrected chi connectivity index (χ1v) is 8.88. The maximum absolute atomic E-state index is 14.9. The minimum Gasteiger partial charge on any atom is -0.326 e. The van der Waals surface area contributed by atoms with Gasteiger partial charge in [-0.15, -0.1) is 11.3 Å². The fourth-order valence-electron chi connectivity index (χ4n) is 3.54. The van der Waals surface area contributed by atoms with E-state index in [2.05, 4.69) is 4.98 Å². The molecule has 2 aliphatic carbocycles. The SMILES string of the molecule is CC1=c2c(c(=O)[nH]c(=O)n2C2CC2)=CC(F)C1c1csc(CN)c1. The Labute approximate surface area is 141 Å². The van der Waals surface area contributed by atoms with E-state index in [-0.39, 0.29) is 11.3 Å². The molecule has 0 aliphatic heterocycles. The van der Waals surface area contributed by atoms with Crippen LogP contribution >= 0.6 is 11.3 Å². The van der Waals surface area contributed by atoms with Crippen LogP contribution in [0.4, 0.5) is 4.39 Å². The van der Waals surface area contributed by atoms with Gasteiger partial charge in [0.2, 0.25) is 0 Å². The fraction of sp³-hybridized carbons (Fsp3) is 0.412. The largest absolute Gasteiger partial charge is 0.329 e. The number of aromatic amines is 1. The van der Waals surface area contributed by atoms with Crippen LogP contribution in [0.25, 0.3) is 11.6 Å².